The summed E-state index contributed by atoms with van der Waals surface area (Å²) in [5.41, 5.74) is 10.5. The Balaban J connectivity index is 1.40. The molecule has 34 heavy (non-hydrogen) atoms. The van der Waals surface area contributed by atoms with Crippen LogP contribution < -0.4 is 11.1 Å². The first-order valence-corrected chi connectivity index (χ1v) is 10.6. The van der Waals surface area contributed by atoms with Crippen LogP contribution in [0.25, 0.3) is 11.9 Å². The molecule has 0 radical (unpaired) electrons. The third kappa shape index (κ3) is 5.29. The van der Waals surface area contributed by atoms with Crippen LogP contribution in [0, 0.1) is 27.7 Å². The van der Waals surface area contributed by atoms with E-state index in [0.29, 0.717) is 5.82 Å². The number of nitrogens with one attached hydrogen (secondary N) is 1. The number of esters is 1. The summed E-state index contributed by atoms with van der Waals surface area (Å²) in [7, 11) is 0. The highest BCUT2D eigenvalue weighted by atomic mass is 16.5. The summed E-state index contributed by atoms with van der Waals surface area (Å²) in [6.45, 7) is 7.60. The maximum atomic E-state index is 12.3. The molecule has 1 aromatic carbocycles. The Bertz CT molecular complexity index is 1350. The summed E-state index contributed by atoms with van der Waals surface area (Å²) in [4.78, 5) is 24.7. The zero-order valence-corrected chi connectivity index (χ0v) is 19.4. The summed E-state index contributed by atoms with van der Waals surface area (Å²) in [5.74, 6) is 1.42. The Morgan fingerprint density at radius 1 is 1.12 bits per heavy atom. The zero-order chi connectivity index (χ0) is 24.2. The maximum Gasteiger partial charge on any atom is 0.331 e. The molecule has 0 aliphatic heterocycles. The van der Waals surface area contributed by atoms with Crippen molar-refractivity contribution in [3.05, 3.63) is 76.6 Å². The fourth-order valence-electron chi connectivity index (χ4n) is 3.43. The Hall–Kier alpha value is -4.47. The Labute approximate surface area is 196 Å². The molecule has 0 amide bonds. The molecule has 0 fully saturated rings. The number of benzene rings is 1. The largest absolute Gasteiger partial charge is 0.454 e. The molecule has 4 aromatic rings. The van der Waals surface area contributed by atoms with Crippen molar-refractivity contribution >= 4 is 29.6 Å². The molecular formula is C24H25N7O3. The van der Waals surface area contributed by atoms with Crippen LogP contribution in [-0.2, 0) is 16.1 Å². The van der Waals surface area contributed by atoms with Gasteiger partial charge >= 0.3 is 5.97 Å². The fraction of sp³-hybridized carbons (Fsp3) is 0.208. The van der Waals surface area contributed by atoms with E-state index in [1.54, 1.807) is 6.08 Å². The highest BCUT2D eigenvalue weighted by Gasteiger charge is 2.13. The predicted molar refractivity (Wildman–Crippen MR) is 128 cm³/mol. The van der Waals surface area contributed by atoms with Gasteiger partial charge in [-0.25, -0.2) is 4.79 Å². The van der Waals surface area contributed by atoms with Crippen molar-refractivity contribution in [3.63, 3.8) is 0 Å². The SMILES string of the molecule is Cc1ccc(Nc2nc(N)nc(COC(=O)/C=C/c3cc(C)n(-c4cc(C)on4)c3C)n2)cc1. The molecule has 0 atom stereocenters. The lowest BCUT2D eigenvalue weighted by Crippen LogP contribution is -2.10. The molecule has 3 heterocycles. The van der Waals surface area contributed by atoms with Gasteiger partial charge in [0, 0.05) is 29.2 Å². The smallest absolute Gasteiger partial charge is 0.331 e. The summed E-state index contributed by atoms with van der Waals surface area (Å²) in [5, 5.41) is 7.13. The van der Waals surface area contributed by atoms with Crippen LogP contribution in [-0.4, -0.2) is 30.6 Å². The number of carbonyl (C=O) groups excluding carboxylic acids is 1. The van der Waals surface area contributed by atoms with E-state index in [4.69, 9.17) is 15.0 Å². The van der Waals surface area contributed by atoms with Crippen LogP contribution in [0.1, 0.15) is 34.1 Å². The average molecular weight is 460 g/mol. The summed E-state index contributed by atoms with van der Waals surface area (Å²) in [6, 6.07) is 11.5. The van der Waals surface area contributed by atoms with Crippen molar-refractivity contribution in [3.8, 4) is 5.82 Å². The second-order valence-electron chi connectivity index (χ2n) is 7.82. The first-order valence-electron chi connectivity index (χ1n) is 10.6. The van der Waals surface area contributed by atoms with Gasteiger partial charge in [0.25, 0.3) is 0 Å². The van der Waals surface area contributed by atoms with Crippen LogP contribution in [0.2, 0.25) is 0 Å². The lowest BCUT2D eigenvalue weighted by Gasteiger charge is -2.07. The van der Waals surface area contributed by atoms with Crippen LogP contribution in [0.3, 0.4) is 0 Å². The second-order valence-corrected chi connectivity index (χ2v) is 7.82. The quantitative estimate of drug-likeness (QED) is 0.311. The molecule has 0 aliphatic carbocycles. The number of rotatable bonds is 7. The summed E-state index contributed by atoms with van der Waals surface area (Å²) >= 11 is 0. The molecule has 174 valence electrons. The van der Waals surface area contributed by atoms with Crippen LogP contribution >= 0.6 is 0 Å². The highest BCUT2D eigenvalue weighted by Crippen LogP contribution is 2.22. The fourth-order valence-corrected chi connectivity index (χ4v) is 3.43. The molecule has 0 saturated carbocycles. The Kier molecular flexibility index (Phi) is 6.39. The number of carbonyl (C=O) groups is 1. The van der Waals surface area contributed by atoms with Crippen molar-refractivity contribution in [2.75, 3.05) is 11.1 Å². The monoisotopic (exact) mass is 459 g/mol. The first kappa shape index (κ1) is 22.7. The third-order valence-electron chi connectivity index (χ3n) is 5.06. The van der Waals surface area contributed by atoms with Crippen LogP contribution in [0.4, 0.5) is 17.6 Å². The number of nitrogens with zero attached hydrogens (tertiary/aromatic N) is 5. The predicted octanol–water partition coefficient (Wildman–Crippen LogP) is 3.97. The van der Waals surface area contributed by atoms with E-state index in [-0.39, 0.29) is 24.3 Å². The molecule has 3 N–H and O–H groups in total. The lowest BCUT2D eigenvalue weighted by molar-refractivity contribution is -0.139. The van der Waals surface area contributed by atoms with Crippen molar-refractivity contribution in [2.45, 2.75) is 34.3 Å². The van der Waals surface area contributed by atoms with E-state index in [2.05, 4.69) is 25.4 Å². The number of aromatic nitrogens is 5. The first-order chi connectivity index (χ1) is 16.3. The van der Waals surface area contributed by atoms with Crippen LogP contribution in [0.5, 0.6) is 0 Å². The molecule has 0 saturated heterocycles. The standard InChI is InChI=1S/C24H25N7O3/c1-14-5-8-19(9-6-14)26-24-28-20(27-23(25)29-24)13-33-22(32)10-7-18-11-15(2)31(17(18)4)21-12-16(3)34-30-21/h5-12H,13H2,1-4H3,(H3,25,26,27,28,29)/b10-7+. The zero-order valence-electron chi connectivity index (χ0n) is 19.4. The number of ether oxygens (including phenoxy) is 1. The molecule has 0 unspecified atom stereocenters. The van der Waals surface area contributed by atoms with Gasteiger partial charge in [-0.05, 0) is 57.5 Å². The van der Waals surface area contributed by atoms with E-state index in [9.17, 15) is 4.79 Å². The van der Waals surface area contributed by atoms with Gasteiger partial charge in [-0.15, -0.1) is 0 Å². The molecule has 0 spiro atoms. The van der Waals surface area contributed by atoms with Gasteiger partial charge in [0.1, 0.15) is 5.76 Å². The molecule has 0 bridgehead atoms. The number of hydrogen-bond acceptors (Lipinski definition) is 9. The van der Waals surface area contributed by atoms with Gasteiger partial charge in [-0.3, -0.25) is 4.57 Å². The second kappa shape index (κ2) is 9.57. The number of aryl methyl sites for hydroxylation is 3. The van der Waals surface area contributed by atoms with Gasteiger partial charge in [-0.1, -0.05) is 22.9 Å². The van der Waals surface area contributed by atoms with Gasteiger partial charge in [0.05, 0.1) is 0 Å². The average Bonchev–Trinajstić information content (AvgIpc) is 3.33. The topological polar surface area (TPSA) is 134 Å². The van der Waals surface area contributed by atoms with Crippen LogP contribution in [0.15, 0.2) is 47.0 Å². The Morgan fingerprint density at radius 3 is 2.59 bits per heavy atom. The molecule has 10 heteroatoms. The highest BCUT2D eigenvalue weighted by molar-refractivity contribution is 5.87. The van der Waals surface area contributed by atoms with E-state index < -0.39 is 5.97 Å². The van der Waals surface area contributed by atoms with E-state index in [1.165, 1.54) is 6.08 Å². The number of hydrogen-bond donors (Lipinski definition) is 2. The lowest BCUT2D eigenvalue weighted by atomic mass is 10.2. The third-order valence-corrected chi connectivity index (χ3v) is 5.06. The van der Waals surface area contributed by atoms with E-state index >= 15 is 0 Å². The molecule has 0 aliphatic rings. The van der Waals surface area contributed by atoms with Crippen molar-refractivity contribution in [1.82, 2.24) is 24.7 Å². The Morgan fingerprint density at radius 2 is 1.88 bits per heavy atom. The number of anilines is 3. The van der Waals surface area contributed by atoms with Crippen molar-refractivity contribution < 1.29 is 14.1 Å². The molecule has 4 rings (SSSR count). The molecule has 3 aromatic heterocycles. The number of nitrogen functional groups attached to an aromatic ring is 1. The van der Waals surface area contributed by atoms with E-state index in [1.807, 2.05) is 68.7 Å². The summed E-state index contributed by atoms with van der Waals surface area (Å²) in [6.07, 6.45) is 3.05. The van der Waals surface area contributed by atoms with Gasteiger partial charge in [0.2, 0.25) is 11.9 Å². The van der Waals surface area contributed by atoms with Crippen molar-refractivity contribution in [1.29, 1.82) is 0 Å². The normalized spacial score (nSPS) is 11.2. The van der Waals surface area contributed by atoms with E-state index in [0.717, 1.165) is 34.0 Å². The minimum absolute atomic E-state index is 0.0294. The van der Waals surface area contributed by atoms with Gasteiger partial charge in [0.15, 0.2) is 18.2 Å². The summed E-state index contributed by atoms with van der Waals surface area (Å²) < 4.78 is 12.4. The van der Waals surface area contributed by atoms with Gasteiger partial charge in [-0.2, -0.15) is 15.0 Å². The maximum absolute atomic E-state index is 12.3. The molecule has 10 nitrogen and oxygen atoms in total. The minimum Gasteiger partial charge on any atom is -0.454 e. The van der Waals surface area contributed by atoms with Gasteiger partial charge < -0.3 is 20.3 Å². The van der Waals surface area contributed by atoms with Crippen molar-refractivity contribution in [2.24, 2.45) is 0 Å². The number of nitrogens with two attached hydrogens (primary N) is 1. The minimum atomic E-state index is -0.533. The molecular weight excluding hydrogens is 434 g/mol.